The summed E-state index contributed by atoms with van der Waals surface area (Å²) in [5.41, 5.74) is 1.02. The van der Waals surface area contributed by atoms with Gasteiger partial charge in [-0.15, -0.1) is 0 Å². The molecule has 0 atom stereocenters. The van der Waals surface area contributed by atoms with Gasteiger partial charge < -0.3 is 10.0 Å². The number of para-hydroxylation sites is 1. The quantitative estimate of drug-likeness (QED) is 0.869. The van der Waals surface area contributed by atoms with E-state index in [1.165, 1.54) is 0 Å². The summed E-state index contributed by atoms with van der Waals surface area (Å²) in [7, 11) is 0. The van der Waals surface area contributed by atoms with Crippen LogP contribution in [0.1, 0.15) is 26.7 Å². The van der Waals surface area contributed by atoms with Gasteiger partial charge in [0.1, 0.15) is 6.54 Å². The molecule has 0 aromatic heterocycles. The van der Waals surface area contributed by atoms with Gasteiger partial charge in [-0.1, -0.05) is 32.0 Å². The topological polar surface area (TPSA) is 40.5 Å². The van der Waals surface area contributed by atoms with Crippen LogP contribution in [0.25, 0.3) is 0 Å². The summed E-state index contributed by atoms with van der Waals surface area (Å²) in [6, 6.07) is 10.2. The highest BCUT2D eigenvalue weighted by Gasteiger charge is 2.35. The van der Waals surface area contributed by atoms with E-state index in [0.717, 1.165) is 24.4 Å². The molecule has 1 N–H and O–H groups in total. The largest absolute Gasteiger partial charge is 0.480 e. The fourth-order valence-electron chi connectivity index (χ4n) is 2.63. The molecule has 2 rings (SSSR count). The number of carbonyl (C=O) groups is 1. The molecule has 3 heteroatoms. The van der Waals surface area contributed by atoms with Gasteiger partial charge >= 0.3 is 5.97 Å². The van der Waals surface area contributed by atoms with Crippen LogP contribution in [0.2, 0.25) is 0 Å². The second kappa shape index (κ2) is 5.42. The van der Waals surface area contributed by atoms with E-state index in [-0.39, 0.29) is 6.54 Å². The van der Waals surface area contributed by atoms with Gasteiger partial charge in [0.05, 0.1) is 0 Å². The minimum atomic E-state index is -0.758. The Morgan fingerprint density at radius 1 is 1.33 bits per heavy atom. The summed E-state index contributed by atoms with van der Waals surface area (Å²) in [6.07, 6.45) is 2.22. The highest BCUT2D eigenvalue weighted by Crippen LogP contribution is 2.38. The molecule has 18 heavy (non-hydrogen) atoms. The SMILES string of the molecule is CC(C)C1CC(N(CC(=O)O)c2ccccc2)C1. The maximum Gasteiger partial charge on any atom is 0.323 e. The molecule has 1 aliphatic rings. The predicted molar refractivity (Wildman–Crippen MR) is 72.8 cm³/mol. The average molecular weight is 247 g/mol. The number of hydrogen-bond donors (Lipinski definition) is 1. The van der Waals surface area contributed by atoms with Crippen LogP contribution < -0.4 is 4.90 Å². The fraction of sp³-hybridized carbons (Fsp3) is 0.533. The van der Waals surface area contributed by atoms with Gasteiger partial charge in [0.2, 0.25) is 0 Å². The van der Waals surface area contributed by atoms with Crippen molar-refractivity contribution < 1.29 is 9.90 Å². The van der Waals surface area contributed by atoms with Crippen LogP contribution in [0.5, 0.6) is 0 Å². The zero-order valence-electron chi connectivity index (χ0n) is 11.0. The third-order valence-corrected chi connectivity index (χ3v) is 3.93. The molecule has 1 fully saturated rings. The van der Waals surface area contributed by atoms with Crippen molar-refractivity contribution in [3.05, 3.63) is 30.3 Å². The van der Waals surface area contributed by atoms with E-state index in [0.29, 0.717) is 12.0 Å². The number of carboxylic acid groups (broad SMARTS) is 1. The van der Waals surface area contributed by atoms with Gasteiger partial charge in [-0.05, 0) is 36.8 Å². The number of benzene rings is 1. The maximum absolute atomic E-state index is 11.0. The molecule has 0 spiro atoms. The summed E-state index contributed by atoms with van der Waals surface area (Å²) < 4.78 is 0. The van der Waals surface area contributed by atoms with Crippen molar-refractivity contribution in [2.75, 3.05) is 11.4 Å². The number of rotatable bonds is 5. The average Bonchev–Trinajstić information content (AvgIpc) is 2.26. The number of aliphatic carboxylic acids is 1. The fourth-order valence-corrected chi connectivity index (χ4v) is 2.63. The molecule has 1 aliphatic carbocycles. The van der Waals surface area contributed by atoms with Crippen molar-refractivity contribution in [3.63, 3.8) is 0 Å². The molecular formula is C15H21NO2. The van der Waals surface area contributed by atoms with E-state index in [1.54, 1.807) is 0 Å². The molecule has 1 aromatic rings. The van der Waals surface area contributed by atoms with Crippen LogP contribution >= 0.6 is 0 Å². The molecule has 1 aromatic carbocycles. The minimum Gasteiger partial charge on any atom is -0.480 e. The molecule has 0 radical (unpaired) electrons. The van der Waals surface area contributed by atoms with Crippen LogP contribution in [0.3, 0.4) is 0 Å². The zero-order chi connectivity index (χ0) is 13.1. The Labute approximate surface area is 108 Å². The molecular weight excluding hydrogens is 226 g/mol. The summed E-state index contributed by atoms with van der Waals surface area (Å²) in [5.74, 6) is 0.686. The Hall–Kier alpha value is -1.51. The van der Waals surface area contributed by atoms with E-state index in [4.69, 9.17) is 5.11 Å². The van der Waals surface area contributed by atoms with Gasteiger partial charge in [0, 0.05) is 11.7 Å². The van der Waals surface area contributed by atoms with Crippen molar-refractivity contribution >= 4 is 11.7 Å². The summed E-state index contributed by atoms with van der Waals surface area (Å²) in [5, 5.41) is 9.05. The molecule has 0 aliphatic heterocycles. The first-order chi connectivity index (χ1) is 8.58. The van der Waals surface area contributed by atoms with Gasteiger partial charge in [-0.25, -0.2) is 0 Å². The minimum absolute atomic E-state index is 0.0967. The number of carboxylic acids is 1. The van der Waals surface area contributed by atoms with Crippen molar-refractivity contribution in [1.82, 2.24) is 0 Å². The lowest BCUT2D eigenvalue weighted by molar-refractivity contribution is -0.135. The predicted octanol–water partition coefficient (Wildman–Crippen LogP) is 3.01. The third-order valence-electron chi connectivity index (χ3n) is 3.93. The van der Waals surface area contributed by atoms with E-state index >= 15 is 0 Å². The number of nitrogens with zero attached hydrogens (tertiary/aromatic N) is 1. The Bertz CT molecular complexity index is 396. The first-order valence-electron chi connectivity index (χ1n) is 6.61. The molecule has 1 saturated carbocycles. The van der Waals surface area contributed by atoms with Crippen molar-refractivity contribution in [3.8, 4) is 0 Å². The Balaban J connectivity index is 2.06. The summed E-state index contributed by atoms with van der Waals surface area (Å²) >= 11 is 0. The first kappa shape index (κ1) is 12.9. The van der Waals surface area contributed by atoms with Gasteiger partial charge in [-0.2, -0.15) is 0 Å². The second-order valence-corrected chi connectivity index (χ2v) is 5.49. The van der Waals surface area contributed by atoms with Crippen LogP contribution in [-0.2, 0) is 4.79 Å². The molecule has 0 heterocycles. The number of anilines is 1. The lowest BCUT2D eigenvalue weighted by Gasteiger charge is -2.45. The first-order valence-corrected chi connectivity index (χ1v) is 6.61. The van der Waals surface area contributed by atoms with Crippen LogP contribution in [0, 0.1) is 11.8 Å². The summed E-state index contributed by atoms with van der Waals surface area (Å²) in [6.45, 7) is 4.58. The van der Waals surface area contributed by atoms with E-state index in [1.807, 2.05) is 35.2 Å². The van der Waals surface area contributed by atoms with Gasteiger partial charge in [0.25, 0.3) is 0 Å². The standard InChI is InChI=1S/C15H21NO2/c1-11(2)12-8-14(9-12)16(10-15(17)18)13-6-4-3-5-7-13/h3-7,11-12,14H,8-10H2,1-2H3,(H,17,18). The summed E-state index contributed by atoms with van der Waals surface area (Å²) in [4.78, 5) is 13.0. The molecule has 3 nitrogen and oxygen atoms in total. The number of hydrogen-bond acceptors (Lipinski definition) is 2. The van der Waals surface area contributed by atoms with Crippen LogP contribution in [0.15, 0.2) is 30.3 Å². The monoisotopic (exact) mass is 247 g/mol. The van der Waals surface area contributed by atoms with E-state index < -0.39 is 5.97 Å². The highest BCUT2D eigenvalue weighted by molar-refractivity contribution is 5.74. The Kier molecular flexibility index (Phi) is 3.90. The molecule has 0 unspecified atom stereocenters. The van der Waals surface area contributed by atoms with Crippen LogP contribution in [0.4, 0.5) is 5.69 Å². The lowest BCUT2D eigenvalue weighted by atomic mass is 9.73. The maximum atomic E-state index is 11.0. The van der Waals surface area contributed by atoms with Gasteiger partial charge in [0.15, 0.2) is 0 Å². The normalized spacial score (nSPS) is 22.6. The molecule has 0 amide bonds. The lowest BCUT2D eigenvalue weighted by Crippen LogP contribution is -2.48. The van der Waals surface area contributed by atoms with Crippen molar-refractivity contribution in [2.45, 2.75) is 32.7 Å². The third kappa shape index (κ3) is 2.84. The van der Waals surface area contributed by atoms with Gasteiger partial charge in [-0.3, -0.25) is 4.79 Å². The van der Waals surface area contributed by atoms with Crippen molar-refractivity contribution in [2.24, 2.45) is 11.8 Å². The zero-order valence-corrected chi connectivity index (χ0v) is 11.0. The molecule has 98 valence electrons. The second-order valence-electron chi connectivity index (χ2n) is 5.49. The smallest absolute Gasteiger partial charge is 0.323 e. The van der Waals surface area contributed by atoms with Crippen LogP contribution in [-0.4, -0.2) is 23.7 Å². The van der Waals surface area contributed by atoms with E-state index in [2.05, 4.69) is 13.8 Å². The van der Waals surface area contributed by atoms with E-state index in [9.17, 15) is 4.79 Å². The Morgan fingerprint density at radius 2 is 1.94 bits per heavy atom. The Morgan fingerprint density at radius 3 is 2.44 bits per heavy atom. The van der Waals surface area contributed by atoms with Crippen molar-refractivity contribution in [1.29, 1.82) is 0 Å². The molecule has 0 saturated heterocycles. The molecule has 0 bridgehead atoms. The highest BCUT2D eigenvalue weighted by atomic mass is 16.4.